The molecule has 0 saturated heterocycles. The van der Waals surface area contributed by atoms with E-state index in [0.717, 1.165) is 0 Å². The lowest BCUT2D eigenvalue weighted by Gasteiger charge is -2.23. The lowest BCUT2D eigenvalue weighted by atomic mass is 9.88. The van der Waals surface area contributed by atoms with Gasteiger partial charge in [0.2, 0.25) is 5.82 Å². The molecule has 0 fully saturated rings. The highest BCUT2D eigenvalue weighted by Gasteiger charge is 2.30. The molecular weight excluding hydrogens is 250 g/mol. The number of aromatic nitrogens is 2. The Morgan fingerprint density at radius 1 is 1.53 bits per heavy atom. The number of nitrogens with zero attached hydrogens (tertiary/aromatic N) is 2. The second kappa shape index (κ2) is 6.12. The summed E-state index contributed by atoms with van der Waals surface area (Å²) in [5.74, 6) is -1.21. The van der Waals surface area contributed by atoms with Gasteiger partial charge in [-0.1, -0.05) is 6.92 Å². The topological polar surface area (TPSA) is 101 Å². The molecule has 7 heteroatoms. The van der Waals surface area contributed by atoms with Crippen molar-refractivity contribution in [1.82, 2.24) is 9.97 Å². The van der Waals surface area contributed by atoms with Gasteiger partial charge in [-0.25, -0.2) is 14.8 Å². The SMILES string of the molecule is CCC(C)(CNc1ccnc(C(=O)OC)n1)C(=O)O. The molecule has 0 radical (unpaired) electrons. The molecule has 0 saturated carbocycles. The van der Waals surface area contributed by atoms with E-state index in [4.69, 9.17) is 5.11 Å². The van der Waals surface area contributed by atoms with E-state index in [0.29, 0.717) is 12.2 Å². The van der Waals surface area contributed by atoms with Gasteiger partial charge in [0.25, 0.3) is 0 Å². The van der Waals surface area contributed by atoms with E-state index in [1.165, 1.54) is 13.3 Å². The number of carbonyl (C=O) groups excluding carboxylic acids is 1. The molecule has 0 aliphatic rings. The van der Waals surface area contributed by atoms with Gasteiger partial charge in [-0.3, -0.25) is 4.79 Å². The molecule has 0 aliphatic heterocycles. The summed E-state index contributed by atoms with van der Waals surface area (Å²) in [7, 11) is 1.24. The van der Waals surface area contributed by atoms with E-state index in [9.17, 15) is 9.59 Å². The molecule has 104 valence electrons. The number of esters is 1. The Morgan fingerprint density at radius 2 is 2.21 bits per heavy atom. The highest BCUT2D eigenvalue weighted by atomic mass is 16.5. The van der Waals surface area contributed by atoms with Crippen molar-refractivity contribution in [2.24, 2.45) is 5.41 Å². The van der Waals surface area contributed by atoms with Crippen molar-refractivity contribution in [3.05, 3.63) is 18.1 Å². The summed E-state index contributed by atoms with van der Waals surface area (Å²) < 4.78 is 4.51. The van der Waals surface area contributed by atoms with Crippen LogP contribution in [0, 0.1) is 5.41 Å². The molecule has 0 bridgehead atoms. The van der Waals surface area contributed by atoms with Crippen LogP contribution in [0.15, 0.2) is 12.3 Å². The van der Waals surface area contributed by atoms with Gasteiger partial charge < -0.3 is 15.2 Å². The van der Waals surface area contributed by atoms with Crippen molar-refractivity contribution in [2.75, 3.05) is 19.0 Å². The number of carbonyl (C=O) groups is 2. The summed E-state index contributed by atoms with van der Waals surface area (Å²) in [6, 6.07) is 1.56. The lowest BCUT2D eigenvalue weighted by Crippen LogP contribution is -2.34. The van der Waals surface area contributed by atoms with Crippen LogP contribution in [0.4, 0.5) is 5.82 Å². The molecule has 1 atom stereocenters. The number of hydrogen-bond acceptors (Lipinski definition) is 6. The first-order chi connectivity index (χ1) is 8.92. The first-order valence-corrected chi connectivity index (χ1v) is 5.81. The molecule has 7 nitrogen and oxygen atoms in total. The Kier molecular flexibility index (Phi) is 4.80. The Hall–Kier alpha value is -2.18. The minimum Gasteiger partial charge on any atom is -0.481 e. The second-order valence-electron chi connectivity index (χ2n) is 4.33. The number of aliphatic carboxylic acids is 1. The van der Waals surface area contributed by atoms with Gasteiger partial charge in [0.1, 0.15) is 5.82 Å². The van der Waals surface area contributed by atoms with Crippen LogP contribution in [0.5, 0.6) is 0 Å². The van der Waals surface area contributed by atoms with Crippen molar-refractivity contribution in [3.63, 3.8) is 0 Å². The average molecular weight is 267 g/mol. The third-order valence-corrected chi connectivity index (χ3v) is 2.98. The van der Waals surface area contributed by atoms with E-state index in [-0.39, 0.29) is 12.4 Å². The summed E-state index contributed by atoms with van der Waals surface area (Å²) in [4.78, 5) is 30.1. The van der Waals surface area contributed by atoms with Crippen LogP contribution < -0.4 is 5.32 Å². The van der Waals surface area contributed by atoms with Gasteiger partial charge in [-0.2, -0.15) is 0 Å². The zero-order valence-corrected chi connectivity index (χ0v) is 11.1. The zero-order chi connectivity index (χ0) is 14.5. The first kappa shape index (κ1) is 14.9. The number of hydrogen-bond donors (Lipinski definition) is 2. The third kappa shape index (κ3) is 3.64. The van der Waals surface area contributed by atoms with Crippen LogP contribution >= 0.6 is 0 Å². The molecule has 1 aromatic rings. The summed E-state index contributed by atoms with van der Waals surface area (Å²) >= 11 is 0. The van der Waals surface area contributed by atoms with E-state index >= 15 is 0 Å². The largest absolute Gasteiger partial charge is 0.481 e. The molecular formula is C12H17N3O4. The fourth-order valence-electron chi connectivity index (χ4n) is 1.28. The van der Waals surface area contributed by atoms with E-state index in [1.54, 1.807) is 19.9 Å². The van der Waals surface area contributed by atoms with E-state index in [1.807, 2.05) is 0 Å². The maximum atomic E-state index is 11.3. The van der Waals surface area contributed by atoms with Crippen LogP contribution in [0.25, 0.3) is 0 Å². The van der Waals surface area contributed by atoms with Gasteiger partial charge in [0, 0.05) is 12.7 Å². The number of carboxylic acid groups (broad SMARTS) is 1. The molecule has 2 N–H and O–H groups in total. The molecule has 1 aromatic heterocycles. The van der Waals surface area contributed by atoms with Crippen molar-refractivity contribution >= 4 is 17.8 Å². The van der Waals surface area contributed by atoms with Crippen molar-refractivity contribution in [2.45, 2.75) is 20.3 Å². The van der Waals surface area contributed by atoms with Crippen LogP contribution in [-0.2, 0) is 9.53 Å². The maximum absolute atomic E-state index is 11.3. The minimum atomic E-state index is -0.892. The highest BCUT2D eigenvalue weighted by Crippen LogP contribution is 2.21. The van der Waals surface area contributed by atoms with Gasteiger partial charge in [-0.05, 0) is 19.4 Å². The Morgan fingerprint density at radius 3 is 2.74 bits per heavy atom. The number of rotatable bonds is 6. The predicted molar refractivity (Wildman–Crippen MR) is 67.9 cm³/mol. The molecule has 1 unspecified atom stereocenters. The molecule has 1 heterocycles. The van der Waals surface area contributed by atoms with E-state index < -0.39 is 17.4 Å². The van der Waals surface area contributed by atoms with Crippen LogP contribution in [0.1, 0.15) is 30.9 Å². The number of anilines is 1. The molecule has 19 heavy (non-hydrogen) atoms. The second-order valence-corrected chi connectivity index (χ2v) is 4.33. The first-order valence-electron chi connectivity index (χ1n) is 5.81. The van der Waals surface area contributed by atoms with Gasteiger partial charge in [0.15, 0.2) is 0 Å². The number of carboxylic acids is 1. The van der Waals surface area contributed by atoms with Crippen molar-refractivity contribution < 1.29 is 19.4 Å². The lowest BCUT2D eigenvalue weighted by molar-refractivity contribution is -0.147. The standard InChI is InChI=1S/C12H17N3O4/c1-4-12(2,11(17)18)7-14-8-5-6-13-9(15-8)10(16)19-3/h5-6H,4,7H2,1-3H3,(H,17,18)(H,13,14,15). The number of ether oxygens (including phenoxy) is 1. The average Bonchev–Trinajstić information content (AvgIpc) is 2.43. The summed E-state index contributed by atoms with van der Waals surface area (Å²) in [6.07, 6.45) is 1.88. The van der Waals surface area contributed by atoms with Gasteiger partial charge in [-0.15, -0.1) is 0 Å². The summed E-state index contributed by atoms with van der Waals surface area (Å²) in [5, 5.41) is 12.0. The highest BCUT2D eigenvalue weighted by molar-refractivity contribution is 5.85. The number of methoxy groups -OCH3 is 1. The van der Waals surface area contributed by atoms with Crippen molar-refractivity contribution in [1.29, 1.82) is 0 Å². The van der Waals surface area contributed by atoms with Crippen LogP contribution in [0.2, 0.25) is 0 Å². The van der Waals surface area contributed by atoms with E-state index in [2.05, 4.69) is 20.0 Å². The molecule has 0 spiro atoms. The molecule has 0 amide bonds. The van der Waals surface area contributed by atoms with Gasteiger partial charge >= 0.3 is 11.9 Å². The Bertz CT molecular complexity index is 478. The fraction of sp³-hybridized carbons (Fsp3) is 0.500. The third-order valence-electron chi connectivity index (χ3n) is 2.98. The Balaban J connectivity index is 2.78. The predicted octanol–water partition coefficient (Wildman–Crippen LogP) is 1.18. The zero-order valence-electron chi connectivity index (χ0n) is 11.1. The maximum Gasteiger partial charge on any atom is 0.376 e. The monoisotopic (exact) mass is 267 g/mol. The molecule has 1 rings (SSSR count). The van der Waals surface area contributed by atoms with Crippen LogP contribution in [-0.4, -0.2) is 40.7 Å². The fourth-order valence-corrected chi connectivity index (χ4v) is 1.28. The summed E-state index contributed by atoms with van der Waals surface area (Å²) in [5.41, 5.74) is -0.892. The minimum absolute atomic E-state index is 0.0685. The smallest absolute Gasteiger partial charge is 0.376 e. The molecule has 0 aromatic carbocycles. The Labute approximate surface area is 111 Å². The number of nitrogens with one attached hydrogen (secondary N) is 1. The molecule has 0 aliphatic carbocycles. The van der Waals surface area contributed by atoms with Gasteiger partial charge in [0.05, 0.1) is 12.5 Å². The quantitative estimate of drug-likeness (QED) is 0.746. The van der Waals surface area contributed by atoms with Crippen molar-refractivity contribution in [3.8, 4) is 0 Å². The van der Waals surface area contributed by atoms with Crippen LogP contribution in [0.3, 0.4) is 0 Å². The summed E-state index contributed by atoms with van der Waals surface area (Å²) in [6.45, 7) is 3.65. The normalized spacial score (nSPS) is 13.4.